The van der Waals surface area contributed by atoms with E-state index in [1.54, 1.807) is 24.3 Å². The normalized spacial score (nSPS) is 17.2. The van der Waals surface area contributed by atoms with Crippen molar-refractivity contribution in [1.82, 2.24) is 0 Å². The number of benzene rings is 2. The second-order valence-electron chi connectivity index (χ2n) is 4.69. The average Bonchev–Trinajstić information content (AvgIpc) is 2.40. The molecule has 2 aromatic rings. The van der Waals surface area contributed by atoms with Gasteiger partial charge in [0.2, 0.25) is 0 Å². The van der Waals surface area contributed by atoms with E-state index in [2.05, 4.69) is 5.32 Å². The summed E-state index contributed by atoms with van der Waals surface area (Å²) in [4.78, 5) is 0. The zero-order valence-corrected chi connectivity index (χ0v) is 12.1. The van der Waals surface area contributed by atoms with Crippen LogP contribution in [0.2, 0.25) is 10.0 Å². The largest absolute Gasteiger partial charge is 0.508 e. The Morgan fingerprint density at radius 2 is 2.05 bits per heavy atom. The minimum absolute atomic E-state index is 0.0525. The highest BCUT2D eigenvalue weighted by Crippen LogP contribution is 2.41. The highest BCUT2D eigenvalue weighted by atomic mass is 35.5. The number of hydrogen-bond acceptors (Lipinski definition) is 3. The van der Waals surface area contributed by atoms with Crippen LogP contribution in [-0.2, 0) is 0 Å². The molecule has 1 aliphatic rings. The third kappa shape index (κ3) is 2.65. The SMILES string of the molecule is Oc1cccc(NC2CCOc3c(Cl)cc(Cl)cc32)c1. The Hall–Kier alpha value is -1.58. The van der Waals surface area contributed by atoms with Crippen molar-refractivity contribution < 1.29 is 9.84 Å². The first-order valence-electron chi connectivity index (χ1n) is 6.31. The minimum atomic E-state index is 0.0525. The van der Waals surface area contributed by atoms with E-state index in [0.29, 0.717) is 22.4 Å². The molecule has 0 aromatic heterocycles. The van der Waals surface area contributed by atoms with Crippen molar-refractivity contribution in [3.8, 4) is 11.5 Å². The summed E-state index contributed by atoms with van der Waals surface area (Å²) in [6.45, 7) is 0.588. The van der Waals surface area contributed by atoms with Crippen LogP contribution in [0.3, 0.4) is 0 Å². The average molecular weight is 310 g/mol. The molecule has 0 bridgehead atoms. The molecule has 5 heteroatoms. The number of anilines is 1. The maximum absolute atomic E-state index is 9.52. The van der Waals surface area contributed by atoms with Crippen LogP contribution in [0.4, 0.5) is 5.69 Å². The molecule has 3 nitrogen and oxygen atoms in total. The third-order valence-electron chi connectivity index (χ3n) is 3.25. The molecule has 3 rings (SSSR count). The van der Waals surface area contributed by atoms with Gasteiger partial charge in [-0.05, 0) is 24.3 Å². The van der Waals surface area contributed by atoms with E-state index in [1.165, 1.54) is 0 Å². The number of phenols is 1. The molecule has 0 spiro atoms. The topological polar surface area (TPSA) is 41.5 Å². The molecular weight excluding hydrogens is 297 g/mol. The summed E-state index contributed by atoms with van der Waals surface area (Å²) in [6, 6.07) is 10.6. The highest BCUT2D eigenvalue weighted by molar-refractivity contribution is 6.35. The van der Waals surface area contributed by atoms with E-state index in [0.717, 1.165) is 17.7 Å². The molecule has 1 aliphatic heterocycles. The third-order valence-corrected chi connectivity index (χ3v) is 3.75. The molecule has 104 valence electrons. The Balaban J connectivity index is 1.94. The van der Waals surface area contributed by atoms with Gasteiger partial charge in [-0.2, -0.15) is 0 Å². The van der Waals surface area contributed by atoms with Gasteiger partial charge in [0, 0.05) is 28.8 Å². The zero-order chi connectivity index (χ0) is 14.1. The Kier molecular flexibility index (Phi) is 3.64. The molecule has 0 saturated carbocycles. The lowest BCUT2D eigenvalue weighted by Gasteiger charge is -2.28. The number of hydrogen-bond donors (Lipinski definition) is 2. The predicted octanol–water partition coefficient (Wildman–Crippen LogP) is 4.63. The van der Waals surface area contributed by atoms with E-state index < -0.39 is 0 Å². The van der Waals surface area contributed by atoms with Gasteiger partial charge in [0.05, 0.1) is 17.7 Å². The van der Waals surface area contributed by atoms with Crippen LogP contribution in [0.1, 0.15) is 18.0 Å². The fourth-order valence-electron chi connectivity index (χ4n) is 2.37. The summed E-state index contributed by atoms with van der Waals surface area (Å²) in [6.07, 6.45) is 0.805. The molecule has 0 radical (unpaired) electrons. The van der Waals surface area contributed by atoms with Gasteiger partial charge in [-0.15, -0.1) is 0 Å². The Morgan fingerprint density at radius 3 is 2.85 bits per heavy atom. The van der Waals surface area contributed by atoms with Crippen LogP contribution in [0.5, 0.6) is 11.5 Å². The van der Waals surface area contributed by atoms with E-state index in [-0.39, 0.29) is 11.8 Å². The number of phenolic OH excluding ortho intramolecular Hbond substituents is 1. The van der Waals surface area contributed by atoms with Gasteiger partial charge < -0.3 is 15.2 Å². The zero-order valence-electron chi connectivity index (χ0n) is 10.6. The van der Waals surface area contributed by atoms with Gasteiger partial charge in [-0.25, -0.2) is 0 Å². The lowest BCUT2D eigenvalue weighted by molar-refractivity contribution is 0.274. The van der Waals surface area contributed by atoms with Crippen molar-refractivity contribution >= 4 is 28.9 Å². The Bertz CT molecular complexity index is 646. The fraction of sp³-hybridized carbons (Fsp3) is 0.200. The standard InChI is InChI=1S/C15H13Cl2NO2/c16-9-6-12-14(4-5-20-15(12)13(17)7-9)18-10-2-1-3-11(19)8-10/h1-3,6-8,14,18-19H,4-5H2. The first-order valence-corrected chi connectivity index (χ1v) is 7.06. The number of rotatable bonds is 2. The van der Waals surface area contributed by atoms with Crippen molar-refractivity contribution in [2.75, 3.05) is 11.9 Å². The molecule has 2 N–H and O–H groups in total. The molecule has 1 unspecified atom stereocenters. The molecule has 0 amide bonds. The second-order valence-corrected chi connectivity index (χ2v) is 5.53. The molecule has 2 aromatic carbocycles. The molecule has 0 saturated heterocycles. The summed E-state index contributed by atoms with van der Waals surface area (Å²) in [5.74, 6) is 0.909. The predicted molar refractivity (Wildman–Crippen MR) is 81.0 cm³/mol. The summed E-state index contributed by atoms with van der Waals surface area (Å²) >= 11 is 12.2. The molecular formula is C15H13Cl2NO2. The van der Waals surface area contributed by atoms with Gasteiger partial charge in [0.25, 0.3) is 0 Å². The molecule has 1 heterocycles. The van der Waals surface area contributed by atoms with Crippen LogP contribution in [0.25, 0.3) is 0 Å². The van der Waals surface area contributed by atoms with E-state index >= 15 is 0 Å². The molecule has 0 fully saturated rings. The maximum atomic E-state index is 9.52. The monoisotopic (exact) mass is 309 g/mol. The first kappa shape index (κ1) is 13.4. The van der Waals surface area contributed by atoms with Gasteiger partial charge in [-0.1, -0.05) is 29.3 Å². The first-order chi connectivity index (χ1) is 9.63. The summed E-state index contributed by atoms with van der Waals surface area (Å²) in [5.41, 5.74) is 1.79. The van der Waals surface area contributed by atoms with Crippen molar-refractivity contribution in [2.45, 2.75) is 12.5 Å². The highest BCUT2D eigenvalue weighted by Gasteiger charge is 2.24. The second kappa shape index (κ2) is 5.43. The van der Waals surface area contributed by atoms with Crippen molar-refractivity contribution in [1.29, 1.82) is 0 Å². The molecule has 1 atom stereocenters. The number of fused-ring (bicyclic) bond motifs is 1. The van der Waals surface area contributed by atoms with Crippen LogP contribution >= 0.6 is 23.2 Å². The summed E-state index contributed by atoms with van der Waals surface area (Å²) in [5, 5.41) is 14.0. The van der Waals surface area contributed by atoms with E-state index in [1.807, 2.05) is 12.1 Å². The van der Waals surface area contributed by atoms with E-state index in [9.17, 15) is 5.11 Å². The fourth-order valence-corrected chi connectivity index (χ4v) is 2.94. The number of halogens is 2. The molecule has 20 heavy (non-hydrogen) atoms. The van der Waals surface area contributed by atoms with Crippen molar-refractivity contribution in [3.63, 3.8) is 0 Å². The summed E-state index contributed by atoms with van der Waals surface area (Å²) in [7, 11) is 0. The van der Waals surface area contributed by atoms with Crippen molar-refractivity contribution in [3.05, 3.63) is 52.0 Å². The number of aromatic hydroxyl groups is 1. The van der Waals surface area contributed by atoms with Crippen LogP contribution in [-0.4, -0.2) is 11.7 Å². The lowest BCUT2D eigenvalue weighted by atomic mass is 10.00. The van der Waals surface area contributed by atoms with Crippen LogP contribution < -0.4 is 10.1 Å². The van der Waals surface area contributed by atoms with Crippen LogP contribution in [0, 0.1) is 0 Å². The van der Waals surface area contributed by atoms with Gasteiger partial charge in [0.15, 0.2) is 0 Å². The Labute approximate surface area is 127 Å². The Morgan fingerprint density at radius 1 is 1.20 bits per heavy atom. The number of ether oxygens (including phenoxy) is 1. The van der Waals surface area contributed by atoms with Gasteiger partial charge in [0.1, 0.15) is 11.5 Å². The summed E-state index contributed by atoms with van der Waals surface area (Å²) < 4.78 is 5.62. The minimum Gasteiger partial charge on any atom is -0.508 e. The smallest absolute Gasteiger partial charge is 0.143 e. The lowest BCUT2D eigenvalue weighted by Crippen LogP contribution is -2.20. The van der Waals surface area contributed by atoms with Gasteiger partial charge in [-0.3, -0.25) is 0 Å². The maximum Gasteiger partial charge on any atom is 0.143 e. The van der Waals surface area contributed by atoms with Crippen LogP contribution in [0.15, 0.2) is 36.4 Å². The van der Waals surface area contributed by atoms with Gasteiger partial charge >= 0.3 is 0 Å². The number of nitrogens with one attached hydrogen (secondary N) is 1. The quantitative estimate of drug-likeness (QED) is 0.849. The van der Waals surface area contributed by atoms with Crippen molar-refractivity contribution in [2.24, 2.45) is 0 Å². The van der Waals surface area contributed by atoms with E-state index in [4.69, 9.17) is 27.9 Å². The molecule has 0 aliphatic carbocycles.